The molecule has 196 valence electrons. The Balaban J connectivity index is 1.64. The van der Waals surface area contributed by atoms with Crippen molar-refractivity contribution >= 4 is 16.9 Å². The summed E-state index contributed by atoms with van der Waals surface area (Å²) in [5.74, 6) is 0.658. The zero-order chi connectivity index (χ0) is 26.2. The van der Waals surface area contributed by atoms with Gasteiger partial charge in [-0.05, 0) is 68.7 Å². The van der Waals surface area contributed by atoms with Crippen LogP contribution in [0.4, 0.5) is 0 Å². The van der Waals surface area contributed by atoms with Crippen molar-refractivity contribution in [3.05, 3.63) is 88.3 Å². The van der Waals surface area contributed by atoms with Gasteiger partial charge in [0.15, 0.2) is 5.43 Å². The Hall–Kier alpha value is -3.38. The molecule has 0 N–H and O–H groups in total. The fourth-order valence-electron chi connectivity index (χ4n) is 5.01. The second-order valence-corrected chi connectivity index (χ2v) is 9.64. The maximum atomic E-state index is 13.6. The molecule has 0 aliphatic carbocycles. The van der Waals surface area contributed by atoms with Gasteiger partial charge in [0.2, 0.25) is 5.76 Å². The number of unbranched alkanes of at least 4 members (excludes halogenated alkanes) is 2. The summed E-state index contributed by atoms with van der Waals surface area (Å²) in [7, 11) is 0. The molecule has 1 amide bonds. The van der Waals surface area contributed by atoms with E-state index in [9.17, 15) is 9.59 Å². The molecule has 0 saturated heterocycles. The molecule has 2 heterocycles. The maximum Gasteiger partial charge on any atom is 0.290 e. The van der Waals surface area contributed by atoms with Gasteiger partial charge in [-0.2, -0.15) is 0 Å². The number of hydrogen-bond donors (Lipinski definition) is 0. The number of nitrogens with zero attached hydrogens (tertiary/aromatic N) is 2. The van der Waals surface area contributed by atoms with Crippen molar-refractivity contribution in [1.29, 1.82) is 0 Å². The Labute approximate surface area is 219 Å². The van der Waals surface area contributed by atoms with Crippen LogP contribution in [0, 0.1) is 0 Å². The van der Waals surface area contributed by atoms with Crippen molar-refractivity contribution in [2.24, 2.45) is 0 Å². The molecule has 1 aliphatic rings. The van der Waals surface area contributed by atoms with E-state index in [-0.39, 0.29) is 17.1 Å². The zero-order valence-corrected chi connectivity index (χ0v) is 22.1. The van der Waals surface area contributed by atoms with Crippen LogP contribution in [0.25, 0.3) is 11.0 Å². The Kier molecular flexibility index (Phi) is 9.18. The standard InChI is InChI=1S/C31H38N2O4/c1-4-7-18-32(19-8-5-2)20-11-21-33-28(23-14-16-24(17-15-23)36-22-6-3)27-29(34)25-12-9-10-13-26(25)37-30(27)31(33)35/h6,9-10,12-17,28H,3-5,7-8,11,18-22H2,1-2H3. The minimum absolute atomic E-state index is 0.141. The Bertz CT molecular complexity index is 1260. The molecule has 3 aromatic rings. The van der Waals surface area contributed by atoms with E-state index in [1.165, 1.54) is 25.7 Å². The highest BCUT2D eigenvalue weighted by Crippen LogP contribution is 2.38. The number of carbonyl (C=O) groups excluding carboxylic acids is 1. The first-order valence-electron chi connectivity index (χ1n) is 13.5. The van der Waals surface area contributed by atoms with Gasteiger partial charge in [0.05, 0.1) is 17.0 Å². The maximum absolute atomic E-state index is 13.6. The van der Waals surface area contributed by atoms with Crippen LogP contribution in [-0.4, -0.2) is 48.5 Å². The van der Waals surface area contributed by atoms with E-state index in [0.29, 0.717) is 35.4 Å². The van der Waals surface area contributed by atoms with E-state index in [0.717, 1.165) is 31.6 Å². The van der Waals surface area contributed by atoms with Gasteiger partial charge in [-0.3, -0.25) is 9.59 Å². The van der Waals surface area contributed by atoms with Crippen molar-refractivity contribution in [3.8, 4) is 5.75 Å². The van der Waals surface area contributed by atoms with Crippen molar-refractivity contribution in [3.63, 3.8) is 0 Å². The molecular formula is C31H38N2O4. The number of para-hydroxylation sites is 1. The lowest BCUT2D eigenvalue weighted by Crippen LogP contribution is -2.34. The van der Waals surface area contributed by atoms with Crippen LogP contribution < -0.4 is 10.2 Å². The molecule has 1 aliphatic heterocycles. The van der Waals surface area contributed by atoms with Crippen LogP contribution >= 0.6 is 0 Å². The normalized spacial score (nSPS) is 14.9. The monoisotopic (exact) mass is 502 g/mol. The molecule has 0 spiro atoms. The van der Waals surface area contributed by atoms with Gasteiger partial charge in [-0.1, -0.05) is 63.6 Å². The average molecular weight is 503 g/mol. The third-order valence-electron chi connectivity index (χ3n) is 6.97. The fraction of sp³-hybridized carbons (Fsp3) is 0.419. The first-order valence-corrected chi connectivity index (χ1v) is 13.5. The van der Waals surface area contributed by atoms with E-state index in [1.807, 2.05) is 41.3 Å². The van der Waals surface area contributed by atoms with E-state index in [1.54, 1.807) is 18.2 Å². The summed E-state index contributed by atoms with van der Waals surface area (Å²) in [5, 5.41) is 0.497. The van der Waals surface area contributed by atoms with Gasteiger partial charge >= 0.3 is 0 Å². The summed E-state index contributed by atoms with van der Waals surface area (Å²) in [6.45, 7) is 12.2. The molecule has 0 radical (unpaired) electrons. The van der Waals surface area contributed by atoms with E-state index < -0.39 is 6.04 Å². The highest BCUT2D eigenvalue weighted by Gasteiger charge is 2.42. The predicted molar refractivity (Wildman–Crippen MR) is 148 cm³/mol. The molecule has 1 atom stereocenters. The number of benzene rings is 2. The van der Waals surface area contributed by atoms with Crippen molar-refractivity contribution in [2.75, 3.05) is 32.8 Å². The Morgan fingerprint density at radius 3 is 2.32 bits per heavy atom. The lowest BCUT2D eigenvalue weighted by molar-refractivity contribution is 0.0719. The molecule has 1 aromatic heterocycles. The average Bonchev–Trinajstić information content (AvgIpc) is 3.20. The van der Waals surface area contributed by atoms with Crippen LogP contribution in [0.1, 0.15) is 73.7 Å². The summed E-state index contributed by atoms with van der Waals surface area (Å²) in [5.41, 5.74) is 1.60. The first kappa shape index (κ1) is 26.7. The summed E-state index contributed by atoms with van der Waals surface area (Å²) in [6.07, 6.45) is 7.20. The van der Waals surface area contributed by atoms with Gasteiger partial charge in [-0.15, -0.1) is 0 Å². The highest BCUT2D eigenvalue weighted by atomic mass is 16.5. The highest BCUT2D eigenvalue weighted by molar-refractivity contribution is 5.99. The van der Waals surface area contributed by atoms with Crippen molar-refractivity contribution in [2.45, 2.75) is 52.0 Å². The van der Waals surface area contributed by atoms with Crippen LogP contribution in [-0.2, 0) is 0 Å². The lowest BCUT2D eigenvalue weighted by Gasteiger charge is -2.27. The summed E-state index contributed by atoms with van der Waals surface area (Å²) < 4.78 is 11.7. The van der Waals surface area contributed by atoms with E-state index in [2.05, 4.69) is 25.3 Å². The third-order valence-corrected chi connectivity index (χ3v) is 6.97. The van der Waals surface area contributed by atoms with Crippen LogP contribution in [0.2, 0.25) is 0 Å². The van der Waals surface area contributed by atoms with Gasteiger partial charge in [0.25, 0.3) is 5.91 Å². The Morgan fingerprint density at radius 1 is 0.973 bits per heavy atom. The molecular weight excluding hydrogens is 464 g/mol. The summed E-state index contributed by atoms with van der Waals surface area (Å²) in [4.78, 5) is 31.6. The van der Waals surface area contributed by atoms with Gasteiger partial charge < -0.3 is 19.0 Å². The topological polar surface area (TPSA) is 63.0 Å². The van der Waals surface area contributed by atoms with Crippen molar-refractivity contribution in [1.82, 2.24) is 9.80 Å². The Morgan fingerprint density at radius 2 is 1.65 bits per heavy atom. The quantitative estimate of drug-likeness (QED) is 0.246. The minimum Gasteiger partial charge on any atom is -0.490 e. The number of rotatable bonds is 14. The number of hydrogen-bond acceptors (Lipinski definition) is 5. The molecule has 6 nitrogen and oxygen atoms in total. The number of ether oxygens (including phenoxy) is 1. The van der Waals surface area contributed by atoms with Crippen LogP contribution in [0.5, 0.6) is 5.75 Å². The SMILES string of the molecule is C=CCOc1ccc(C2c3c(oc4ccccc4c3=O)C(=O)N2CCCN(CCCC)CCCC)cc1. The second kappa shape index (κ2) is 12.7. The predicted octanol–water partition coefficient (Wildman–Crippen LogP) is 6.20. The lowest BCUT2D eigenvalue weighted by atomic mass is 9.98. The van der Waals surface area contributed by atoms with Crippen molar-refractivity contribution < 1.29 is 13.9 Å². The molecule has 0 bridgehead atoms. The van der Waals surface area contributed by atoms with Crippen LogP contribution in [0.15, 0.2) is 70.4 Å². The summed E-state index contributed by atoms with van der Waals surface area (Å²) in [6, 6.07) is 14.3. The second-order valence-electron chi connectivity index (χ2n) is 9.64. The number of carbonyl (C=O) groups is 1. The molecule has 6 heteroatoms. The third kappa shape index (κ3) is 5.96. The molecule has 2 aromatic carbocycles. The number of amides is 1. The largest absolute Gasteiger partial charge is 0.490 e. The molecule has 0 saturated carbocycles. The number of fused-ring (bicyclic) bond motifs is 2. The summed E-state index contributed by atoms with van der Waals surface area (Å²) >= 11 is 0. The van der Waals surface area contributed by atoms with E-state index in [4.69, 9.17) is 9.15 Å². The fourth-order valence-corrected chi connectivity index (χ4v) is 5.01. The first-order chi connectivity index (χ1) is 18.1. The smallest absolute Gasteiger partial charge is 0.290 e. The molecule has 1 unspecified atom stereocenters. The van der Waals surface area contributed by atoms with Gasteiger partial charge in [0, 0.05) is 6.54 Å². The zero-order valence-electron chi connectivity index (χ0n) is 22.1. The molecule has 0 fully saturated rings. The molecule has 4 rings (SSSR count). The van der Waals surface area contributed by atoms with Crippen LogP contribution in [0.3, 0.4) is 0 Å². The minimum atomic E-state index is -0.489. The van der Waals surface area contributed by atoms with E-state index >= 15 is 0 Å². The van der Waals surface area contributed by atoms with Gasteiger partial charge in [-0.25, -0.2) is 0 Å². The molecule has 37 heavy (non-hydrogen) atoms. The van der Waals surface area contributed by atoms with Gasteiger partial charge in [0.1, 0.15) is 17.9 Å².